The van der Waals surface area contributed by atoms with Gasteiger partial charge in [-0.1, -0.05) is 56.4 Å². The molecule has 180 valence electrons. The molecule has 0 aliphatic heterocycles. The SMILES string of the molecule is CCCCCCCCSc1ccc(-c2nnc([C@@](C)(N)CO[PH](=O)O)s2)cc1C(F)(F)F. The van der Waals surface area contributed by atoms with E-state index in [-0.39, 0.29) is 22.1 Å². The molecule has 6 nitrogen and oxygen atoms in total. The van der Waals surface area contributed by atoms with Crippen LogP contribution in [-0.4, -0.2) is 27.5 Å². The zero-order valence-corrected chi connectivity index (χ0v) is 20.7. The van der Waals surface area contributed by atoms with Crippen molar-refractivity contribution in [3.63, 3.8) is 0 Å². The third kappa shape index (κ3) is 8.43. The van der Waals surface area contributed by atoms with Gasteiger partial charge in [-0.25, -0.2) is 0 Å². The second-order valence-electron chi connectivity index (χ2n) is 7.71. The highest BCUT2D eigenvalue weighted by atomic mass is 32.2. The Morgan fingerprint density at radius 3 is 2.53 bits per heavy atom. The monoisotopic (exact) mass is 511 g/mol. The summed E-state index contributed by atoms with van der Waals surface area (Å²) in [4.78, 5) is 9.03. The molecule has 2 aromatic rings. The van der Waals surface area contributed by atoms with Gasteiger partial charge in [0.25, 0.3) is 0 Å². The zero-order chi connectivity index (χ0) is 23.8. The van der Waals surface area contributed by atoms with Crippen molar-refractivity contribution in [3.8, 4) is 10.6 Å². The predicted octanol–water partition coefficient (Wildman–Crippen LogP) is 6.25. The summed E-state index contributed by atoms with van der Waals surface area (Å²) in [6.07, 6.45) is 2.04. The van der Waals surface area contributed by atoms with Gasteiger partial charge >= 0.3 is 14.4 Å². The van der Waals surface area contributed by atoms with E-state index in [1.54, 1.807) is 13.0 Å². The van der Waals surface area contributed by atoms with Crippen LogP contribution in [0.1, 0.15) is 62.9 Å². The fraction of sp³-hybridized carbons (Fsp3) is 0.600. The average molecular weight is 512 g/mol. The van der Waals surface area contributed by atoms with Gasteiger partial charge in [0.2, 0.25) is 0 Å². The molecule has 1 aromatic heterocycles. The van der Waals surface area contributed by atoms with Gasteiger partial charge in [0.1, 0.15) is 10.0 Å². The Hall–Kier alpha value is -0.970. The van der Waals surface area contributed by atoms with E-state index in [1.165, 1.54) is 30.7 Å². The number of unbranched alkanes of at least 4 members (excludes halogenated alkanes) is 5. The number of thioether (sulfide) groups is 1. The first kappa shape index (κ1) is 27.3. The fourth-order valence-corrected chi connectivity index (χ4v) is 5.29. The van der Waals surface area contributed by atoms with Crippen LogP contribution in [0.5, 0.6) is 0 Å². The molecule has 0 aliphatic carbocycles. The number of nitrogens with zero attached hydrogens (tertiary/aromatic N) is 2. The lowest BCUT2D eigenvalue weighted by Crippen LogP contribution is -2.37. The zero-order valence-electron chi connectivity index (χ0n) is 18.1. The molecule has 32 heavy (non-hydrogen) atoms. The van der Waals surface area contributed by atoms with E-state index in [9.17, 15) is 17.7 Å². The van der Waals surface area contributed by atoms with Crippen LogP contribution in [0.15, 0.2) is 23.1 Å². The number of hydrogen-bond donors (Lipinski definition) is 2. The van der Waals surface area contributed by atoms with Crippen LogP contribution in [-0.2, 0) is 20.8 Å². The van der Waals surface area contributed by atoms with E-state index in [4.69, 9.17) is 15.2 Å². The molecule has 0 fully saturated rings. The summed E-state index contributed by atoms with van der Waals surface area (Å²) in [5.74, 6) is 0.636. The predicted molar refractivity (Wildman–Crippen MR) is 123 cm³/mol. The van der Waals surface area contributed by atoms with Gasteiger partial charge in [-0.2, -0.15) is 13.2 Å². The minimum Gasteiger partial charge on any atom is -0.326 e. The van der Waals surface area contributed by atoms with Gasteiger partial charge in [0.05, 0.1) is 17.7 Å². The molecule has 0 saturated carbocycles. The molecule has 0 amide bonds. The lowest BCUT2D eigenvalue weighted by Gasteiger charge is -2.19. The van der Waals surface area contributed by atoms with E-state index in [0.717, 1.165) is 43.1 Å². The minimum absolute atomic E-state index is 0.199. The van der Waals surface area contributed by atoms with Crippen molar-refractivity contribution >= 4 is 31.4 Å². The van der Waals surface area contributed by atoms with Crippen molar-refractivity contribution in [2.24, 2.45) is 5.73 Å². The second kappa shape index (κ2) is 12.5. The molecule has 0 aliphatic rings. The van der Waals surface area contributed by atoms with Gasteiger partial charge in [0.15, 0.2) is 0 Å². The van der Waals surface area contributed by atoms with E-state index in [0.29, 0.717) is 10.8 Å². The highest BCUT2D eigenvalue weighted by Crippen LogP contribution is 2.40. The lowest BCUT2D eigenvalue weighted by atomic mass is 10.1. The van der Waals surface area contributed by atoms with Crippen molar-refractivity contribution in [2.75, 3.05) is 12.4 Å². The molecule has 12 heteroatoms. The standard InChI is InChI=1S/C20H29F3N3O3PS2/c1-3-4-5-6-7-8-11-31-16-10-9-14(12-15(16)20(21,22)23)17-25-26-18(32-17)19(2,24)13-29-30(27)28/h9-10,12,30H,3-8,11,13,24H2,1-2H3,(H,27,28)/t19-/m0/s1. The summed E-state index contributed by atoms with van der Waals surface area (Å²) in [5.41, 5.74) is 4.47. The smallest absolute Gasteiger partial charge is 0.326 e. The van der Waals surface area contributed by atoms with E-state index >= 15 is 0 Å². The van der Waals surface area contributed by atoms with Gasteiger partial charge in [-0.05, 0) is 31.2 Å². The average Bonchev–Trinajstić information content (AvgIpc) is 3.22. The van der Waals surface area contributed by atoms with Crippen molar-refractivity contribution in [1.29, 1.82) is 0 Å². The van der Waals surface area contributed by atoms with Crippen molar-refractivity contribution in [3.05, 3.63) is 28.8 Å². The highest BCUT2D eigenvalue weighted by molar-refractivity contribution is 7.99. The molecule has 0 spiro atoms. The van der Waals surface area contributed by atoms with E-state index in [2.05, 4.69) is 17.1 Å². The quantitative estimate of drug-likeness (QED) is 0.186. The van der Waals surface area contributed by atoms with Crippen LogP contribution in [0.2, 0.25) is 0 Å². The summed E-state index contributed by atoms with van der Waals surface area (Å²) < 4.78 is 56.6. The van der Waals surface area contributed by atoms with Crippen LogP contribution in [0, 0.1) is 0 Å². The number of alkyl halides is 3. The molecule has 0 saturated heterocycles. The van der Waals surface area contributed by atoms with Gasteiger partial charge in [-0.15, -0.1) is 22.0 Å². The Morgan fingerprint density at radius 1 is 1.19 bits per heavy atom. The summed E-state index contributed by atoms with van der Waals surface area (Å²) in [5, 5.41) is 8.50. The van der Waals surface area contributed by atoms with E-state index < -0.39 is 25.5 Å². The molecule has 3 N–H and O–H groups in total. The van der Waals surface area contributed by atoms with Crippen LogP contribution in [0.4, 0.5) is 13.2 Å². The number of aromatic nitrogens is 2. The van der Waals surface area contributed by atoms with Gasteiger partial charge in [0, 0.05) is 10.5 Å². The van der Waals surface area contributed by atoms with Crippen LogP contribution >= 0.6 is 31.4 Å². The largest absolute Gasteiger partial charge is 0.417 e. The number of rotatable bonds is 13. The van der Waals surface area contributed by atoms with Gasteiger partial charge in [-0.3, -0.25) is 4.57 Å². The number of halogens is 3. The normalized spacial score (nSPS) is 15.0. The first-order valence-electron chi connectivity index (χ1n) is 10.4. The van der Waals surface area contributed by atoms with E-state index in [1.807, 2.05) is 0 Å². The molecule has 0 bridgehead atoms. The Labute approximate surface area is 195 Å². The Balaban J connectivity index is 2.12. The van der Waals surface area contributed by atoms with Crippen LogP contribution < -0.4 is 5.73 Å². The molecule has 2 atom stereocenters. The lowest BCUT2D eigenvalue weighted by molar-refractivity contribution is -0.139. The summed E-state index contributed by atoms with van der Waals surface area (Å²) >= 11 is 2.25. The summed E-state index contributed by atoms with van der Waals surface area (Å²) in [6, 6.07) is 4.16. The maximum Gasteiger partial charge on any atom is 0.417 e. The first-order valence-corrected chi connectivity index (χ1v) is 13.4. The Kier molecular flexibility index (Phi) is 10.6. The first-order chi connectivity index (χ1) is 15.0. The van der Waals surface area contributed by atoms with Crippen LogP contribution in [0.25, 0.3) is 10.6 Å². The number of benzene rings is 1. The molecule has 1 aromatic carbocycles. The fourth-order valence-electron chi connectivity index (χ4n) is 2.92. The topological polar surface area (TPSA) is 98.3 Å². The third-order valence-electron chi connectivity index (χ3n) is 4.70. The number of nitrogens with two attached hydrogens (primary N) is 1. The third-order valence-corrected chi connectivity index (χ3v) is 7.50. The molecule has 0 radical (unpaired) electrons. The second-order valence-corrected chi connectivity index (χ2v) is 10.6. The minimum atomic E-state index is -4.49. The van der Waals surface area contributed by atoms with Gasteiger partial charge < -0.3 is 15.2 Å². The number of hydrogen-bond acceptors (Lipinski definition) is 7. The molecular weight excluding hydrogens is 482 g/mol. The Morgan fingerprint density at radius 2 is 1.88 bits per heavy atom. The molecule has 1 heterocycles. The summed E-state index contributed by atoms with van der Waals surface area (Å²) in [7, 11) is -3.16. The Bertz CT molecular complexity index is 894. The van der Waals surface area contributed by atoms with Crippen molar-refractivity contribution in [1.82, 2.24) is 10.2 Å². The highest BCUT2D eigenvalue weighted by Gasteiger charge is 2.34. The summed E-state index contributed by atoms with van der Waals surface area (Å²) in [6.45, 7) is 3.42. The molecular formula is C20H29F3N3O3PS2. The maximum atomic E-state index is 13.7. The molecule has 1 unspecified atom stereocenters. The molecule has 2 rings (SSSR count). The van der Waals surface area contributed by atoms with Crippen molar-refractivity contribution < 1.29 is 27.2 Å². The van der Waals surface area contributed by atoms with Crippen LogP contribution in [0.3, 0.4) is 0 Å². The van der Waals surface area contributed by atoms with Crippen molar-refractivity contribution in [2.45, 2.75) is 69.0 Å². The maximum absolute atomic E-state index is 13.7.